The molecule has 2 nitrogen and oxygen atoms in total. The van der Waals surface area contributed by atoms with E-state index in [2.05, 4.69) is 23.5 Å². The summed E-state index contributed by atoms with van der Waals surface area (Å²) in [6, 6.07) is 9.82. The highest BCUT2D eigenvalue weighted by Crippen LogP contribution is 2.26. The minimum absolute atomic E-state index is 0.708. The monoisotopic (exact) mass is 196 g/mol. The molecule has 1 aliphatic rings. The Morgan fingerprint density at radius 3 is 2.47 bits per heavy atom. The van der Waals surface area contributed by atoms with Crippen LogP contribution in [0.1, 0.15) is 17.5 Å². The van der Waals surface area contributed by atoms with Gasteiger partial charge in [-0.25, -0.2) is 0 Å². The van der Waals surface area contributed by atoms with Crippen molar-refractivity contribution in [1.82, 2.24) is 5.32 Å². The minimum Gasteiger partial charge on any atom is -0.391 e. The maximum absolute atomic E-state index is 8.69. The second-order valence-corrected chi connectivity index (χ2v) is 3.50. The van der Waals surface area contributed by atoms with Crippen molar-refractivity contribution in [2.75, 3.05) is 7.05 Å². The summed E-state index contributed by atoms with van der Waals surface area (Å²) in [6.07, 6.45) is 5.16. The van der Waals surface area contributed by atoms with Gasteiger partial charge in [0.25, 0.3) is 0 Å². The quantitative estimate of drug-likeness (QED) is 0.788. The lowest BCUT2D eigenvalue weighted by molar-refractivity contribution is 0.958. The van der Waals surface area contributed by atoms with Crippen molar-refractivity contribution < 1.29 is 0 Å². The summed E-state index contributed by atoms with van der Waals surface area (Å²) in [5, 5.41) is 11.8. The van der Waals surface area contributed by atoms with Gasteiger partial charge in [-0.2, -0.15) is 5.26 Å². The van der Waals surface area contributed by atoms with Crippen molar-refractivity contribution in [3.05, 3.63) is 53.2 Å². The predicted octanol–water partition coefficient (Wildman–Crippen LogP) is 2.45. The summed E-state index contributed by atoms with van der Waals surface area (Å²) in [4.78, 5) is 0. The van der Waals surface area contributed by atoms with E-state index in [0.717, 1.165) is 6.42 Å². The Bertz CT molecular complexity index is 458. The lowest BCUT2D eigenvalue weighted by atomic mass is 10.0. The molecule has 0 aromatic heterocycles. The Hall–Kier alpha value is -2.01. The zero-order valence-corrected chi connectivity index (χ0v) is 8.62. The number of hydrogen-bond donors (Lipinski definition) is 1. The zero-order valence-electron chi connectivity index (χ0n) is 8.62. The van der Waals surface area contributed by atoms with Crippen LogP contribution >= 0.6 is 0 Å². The van der Waals surface area contributed by atoms with Crippen molar-refractivity contribution in [2.24, 2.45) is 0 Å². The Labute approximate surface area is 89.5 Å². The van der Waals surface area contributed by atoms with Gasteiger partial charge in [-0.05, 0) is 29.3 Å². The second kappa shape index (κ2) is 4.02. The molecule has 0 saturated carbocycles. The van der Waals surface area contributed by atoms with Gasteiger partial charge in [0.2, 0.25) is 0 Å². The van der Waals surface area contributed by atoms with E-state index in [0.29, 0.717) is 5.56 Å². The standard InChI is InChI=1S/C13H12N2/c1-15-13-7-6-12(8-13)11-4-2-10(9-14)3-5-11/h2-7,15H,8H2,1H3. The molecule has 1 aromatic rings. The Morgan fingerprint density at radius 1 is 1.20 bits per heavy atom. The molecular weight excluding hydrogens is 184 g/mol. The average molecular weight is 196 g/mol. The Morgan fingerprint density at radius 2 is 1.93 bits per heavy atom. The van der Waals surface area contributed by atoms with Gasteiger partial charge in [-0.15, -0.1) is 0 Å². The van der Waals surface area contributed by atoms with Crippen LogP contribution < -0.4 is 5.32 Å². The second-order valence-electron chi connectivity index (χ2n) is 3.50. The summed E-state index contributed by atoms with van der Waals surface area (Å²) in [5.74, 6) is 0. The van der Waals surface area contributed by atoms with Gasteiger partial charge in [0.05, 0.1) is 11.6 Å². The van der Waals surface area contributed by atoms with Crippen LogP contribution in [0.15, 0.2) is 42.1 Å². The van der Waals surface area contributed by atoms with Crippen molar-refractivity contribution in [3.63, 3.8) is 0 Å². The summed E-state index contributed by atoms with van der Waals surface area (Å²) < 4.78 is 0. The number of nitriles is 1. The van der Waals surface area contributed by atoms with E-state index in [-0.39, 0.29) is 0 Å². The molecule has 1 aliphatic carbocycles. The molecule has 1 aromatic carbocycles. The van der Waals surface area contributed by atoms with Crippen LogP contribution in [0, 0.1) is 11.3 Å². The van der Waals surface area contributed by atoms with Crippen LogP contribution in [-0.2, 0) is 0 Å². The highest BCUT2D eigenvalue weighted by molar-refractivity contribution is 5.72. The molecule has 0 unspecified atom stereocenters. The first kappa shape index (κ1) is 9.54. The van der Waals surface area contributed by atoms with E-state index >= 15 is 0 Å². The molecule has 0 spiro atoms. The highest BCUT2D eigenvalue weighted by Gasteiger charge is 2.08. The molecule has 74 valence electrons. The minimum atomic E-state index is 0.708. The van der Waals surface area contributed by atoms with E-state index in [1.165, 1.54) is 16.8 Å². The van der Waals surface area contributed by atoms with Gasteiger partial charge in [0.15, 0.2) is 0 Å². The van der Waals surface area contributed by atoms with Gasteiger partial charge < -0.3 is 5.32 Å². The molecule has 1 N–H and O–H groups in total. The first-order valence-electron chi connectivity index (χ1n) is 4.91. The number of rotatable bonds is 2. The van der Waals surface area contributed by atoms with Crippen molar-refractivity contribution in [2.45, 2.75) is 6.42 Å². The average Bonchev–Trinajstić information content (AvgIpc) is 2.78. The van der Waals surface area contributed by atoms with Gasteiger partial charge in [0.1, 0.15) is 0 Å². The van der Waals surface area contributed by atoms with E-state index in [1.807, 2.05) is 31.3 Å². The van der Waals surface area contributed by atoms with E-state index < -0.39 is 0 Å². The largest absolute Gasteiger partial charge is 0.391 e. The number of benzene rings is 1. The maximum Gasteiger partial charge on any atom is 0.0991 e. The maximum atomic E-state index is 8.69. The number of allylic oxidation sites excluding steroid dienone is 3. The van der Waals surface area contributed by atoms with Crippen molar-refractivity contribution in [1.29, 1.82) is 5.26 Å². The van der Waals surface area contributed by atoms with Crippen LogP contribution in [-0.4, -0.2) is 7.05 Å². The van der Waals surface area contributed by atoms with Crippen molar-refractivity contribution >= 4 is 5.57 Å². The highest BCUT2D eigenvalue weighted by atomic mass is 14.8. The number of hydrogen-bond acceptors (Lipinski definition) is 2. The van der Waals surface area contributed by atoms with Crippen LogP contribution in [0.25, 0.3) is 5.57 Å². The summed E-state index contributed by atoms with van der Waals surface area (Å²) >= 11 is 0. The lowest BCUT2D eigenvalue weighted by Gasteiger charge is -2.04. The molecule has 0 atom stereocenters. The van der Waals surface area contributed by atoms with Crippen LogP contribution in [0.3, 0.4) is 0 Å². The molecule has 2 heteroatoms. The molecule has 0 amide bonds. The fourth-order valence-corrected chi connectivity index (χ4v) is 1.65. The number of nitrogens with zero attached hydrogens (tertiary/aromatic N) is 1. The SMILES string of the molecule is CNC1=CC=C(c2ccc(C#N)cc2)C1. The van der Waals surface area contributed by atoms with Gasteiger partial charge in [-0.3, -0.25) is 0 Å². The van der Waals surface area contributed by atoms with Crippen LogP contribution in [0.4, 0.5) is 0 Å². The molecule has 0 aliphatic heterocycles. The fraction of sp³-hybridized carbons (Fsp3) is 0.154. The third-order valence-electron chi connectivity index (χ3n) is 2.57. The Kier molecular flexibility index (Phi) is 2.55. The topological polar surface area (TPSA) is 35.8 Å². The third-order valence-corrected chi connectivity index (χ3v) is 2.57. The lowest BCUT2D eigenvalue weighted by Crippen LogP contribution is -2.03. The van der Waals surface area contributed by atoms with E-state index in [4.69, 9.17) is 5.26 Å². The van der Waals surface area contributed by atoms with E-state index in [1.54, 1.807) is 0 Å². The van der Waals surface area contributed by atoms with Gasteiger partial charge >= 0.3 is 0 Å². The first-order chi connectivity index (χ1) is 7.33. The molecule has 0 heterocycles. The number of nitrogens with one attached hydrogen (secondary N) is 1. The zero-order chi connectivity index (χ0) is 10.7. The van der Waals surface area contributed by atoms with Crippen molar-refractivity contribution in [3.8, 4) is 6.07 Å². The van der Waals surface area contributed by atoms with Gasteiger partial charge in [0, 0.05) is 19.2 Å². The fourth-order valence-electron chi connectivity index (χ4n) is 1.65. The molecular formula is C13H12N2. The first-order valence-corrected chi connectivity index (χ1v) is 4.91. The molecule has 0 fully saturated rings. The summed E-state index contributed by atoms with van der Waals surface area (Å²) in [7, 11) is 1.93. The third kappa shape index (κ3) is 1.92. The molecule has 0 saturated heterocycles. The Balaban J connectivity index is 2.17. The molecule has 15 heavy (non-hydrogen) atoms. The predicted molar refractivity (Wildman–Crippen MR) is 60.9 cm³/mol. The summed E-state index contributed by atoms with van der Waals surface area (Å²) in [6.45, 7) is 0. The van der Waals surface area contributed by atoms with E-state index in [9.17, 15) is 0 Å². The molecule has 0 bridgehead atoms. The smallest absolute Gasteiger partial charge is 0.0991 e. The normalized spacial score (nSPS) is 14.1. The van der Waals surface area contributed by atoms with Crippen LogP contribution in [0.5, 0.6) is 0 Å². The van der Waals surface area contributed by atoms with Gasteiger partial charge in [-0.1, -0.05) is 18.2 Å². The summed E-state index contributed by atoms with van der Waals surface area (Å²) in [5.41, 5.74) is 4.42. The molecule has 0 radical (unpaired) electrons. The molecule has 2 rings (SSSR count). The van der Waals surface area contributed by atoms with Crippen LogP contribution in [0.2, 0.25) is 0 Å².